The van der Waals surface area contributed by atoms with Crippen LogP contribution < -0.4 is 20.1 Å². The predicted molar refractivity (Wildman–Crippen MR) is 98.3 cm³/mol. The Labute approximate surface area is 152 Å². The molecule has 0 fully saturated rings. The highest BCUT2D eigenvalue weighted by Gasteiger charge is 2.12. The molecule has 0 saturated carbocycles. The first-order valence-corrected chi connectivity index (χ1v) is 8.53. The smallest absolute Gasteiger partial charge is 0.271 e. The number of nitrogens with zero attached hydrogens (tertiary/aromatic N) is 3. The van der Waals surface area contributed by atoms with Gasteiger partial charge in [0, 0.05) is 18.3 Å². The first-order valence-electron chi connectivity index (χ1n) is 8.53. The van der Waals surface area contributed by atoms with E-state index in [4.69, 9.17) is 9.47 Å². The van der Waals surface area contributed by atoms with Crippen LogP contribution in [0.4, 0.5) is 11.5 Å². The maximum absolute atomic E-state index is 12.0. The second-order valence-corrected chi connectivity index (χ2v) is 6.18. The molecule has 1 aromatic carbocycles. The lowest BCUT2D eigenvalue weighted by Crippen LogP contribution is -2.27. The van der Waals surface area contributed by atoms with Crippen LogP contribution in [-0.4, -0.2) is 61.2 Å². The number of carbonyl (C=O) groups is 1. The fourth-order valence-corrected chi connectivity index (χ4v) is 2.47. The van der Waals surface area contributed by atoms with Crippen molar-refractivity contribution in [3.05, 3.63) is 36.3 Å². The van der Waals surface area contributed by atoms with Crippen LogP contribution in [0.5, 0.6) is 11.5 Å². The number of ether oxygens (including phenoxy) is 2. The van der Waals surface area contributed by atoms with Crippen LogP contribution in [0.25, 0.3) is 0 Å². The highest BCUT2D eigenvalue weighted by atomic mass is 16.6. The summed E-state index contributed by atoms with van der Waals surface area (Å²) >= 11 is 0. The van der Waals surface area contributed by atoms with Gasteiger partial charge in [-0.15, -0.1) is 0 Å². The van der Waals surface area contributed by atoms with Crippen molar-refractivity contribution in [2.75, 3.05) is 45.7 Å². The summed E-state index contributed by atoms with van der Waals surface area (Å²) in [7, 11) is 4.00. The standard InChI is InChI=1S/C18H23N5O3/c1-23(2)7-3-6-19-18(24)14-11-21-17(12-20-14)22-13-4-5-15-16(10-13)26-9-8-25-15/h4-5,10-12H,3,6-9H2,1-2H3,(H,19,24)(H,21,22). The third-order valence-electron chi connectivity index (χ3n) is 3.77. The van der Waals surface area contributed by atoms with Crippen LogP contribution in [-0.2, 0) is 0 Å². The number of rotatable bonds is 7. The normalized spacial score (nSPS) is 12.7. The summed E-state index contributed by atoms with van der Waals surface area (Å²) in [6.45, 7) is 2.62. The lowest BCUT2D eigenvalue weighted by Gasteiger charge is -2.19. The number of hydrogen-bond donors (Lipinski definition) is 2. The zero-order chi connectivity index (χ0) is 18.4. The predicted octanol–water partition coefficient (Wildman–Crippen LogP) is 1.67. The molecule has 0 atom stereocenters. The molecular formula is C18H23N5O3. The molecule has 0 spiro atoms. The Morgan fingerprint density at radius 3 is 2.69 bits per heavy atom. The third kappa shape index (κ3) is 4.82. The van der Waals surface area contributed by atoms with Gasteiger partial charge in [0.2, 0.25) is 0 Å². The zero-order valence-corrected chi connectivity index (χ0v) is 15.0. The molecule has 2 N–H and O–H groups in total. The van der Waals surface area contributed by atoms with Gasteiger partial charge >= 0.3 is 0 Å². The van der Waals surface area contributed by atoms with Gasteiger partial charge in [0.15, 0.2) is 11.5 Å². The SMILES string of the molecule is CN(C)CCCNC(=O)c1cnc(Nc2ccc3c(c2)OCCO3)cn1. The van der Waals surface area contributed by atoms with Crippen LogP contribution in [0.1, 0.15) is 16.9 Å². The molecule has 2 heterocycles. The average molecular weight is 357 g/mol. The van der Waals surface area contributed by atoms with E-state index in [1.807, 2.05) is 32.3 Å². The van der Waals surface area contributed by atoms with E-state index in [0.29, 0.717) is 37.0 Å². The van der Waals surface area contributed by atoms with E-state index >= 15 is 0 Å². The summed E-state index contributed by atoms with van der Waals surface area (Å²) in [5.41, 5.74) is 1.10. The van der Waals surface area contributed by atoms with E-state index in [1.165, 1.54) is 12.4 Å². The summed E-state index contributed by atoms with van der Waals surface area (Å²) < 4.78 is 11.1. The molecular weight excluding hydrogens is 334 g/mol. The molecule has 1 aromatic heterocycles. The topological polar surface area (TPSA) is 88.6 Å². The number of hydrogen-bond acceptors (Lipinski definition) is 7. The van der Waals surface area contributed by atoms with Gasteiger partial charge in [0.1, 0.15) is 24.7 Å². The number of amides is 1. The molecule has 8 heteroatoms. The Morgan fingerprint density at radius 1 is 1.15 bits per heavy atom. The number of carbonyl (C=O) groups excluding carboxylic acids is 1. The number of anilines is 2. The van der Waals surface area contributed by atoms with Crippen molar-refractivity contribution in [3.8, 4) is 11.5 Å². The van der Waals surface area contributed by atoms with E-state index in [2.05, 4.69) is 25.5 Å². The maximum Gasteiger partial charge on any atom is 0.271 e. The van der Waals surface area contributed by atoms with Crippen molar-refractivity contribution < 1.29 is 14.3 Å². The summed E-state index contributed by atoms with van der Waals surface area (Å²) in [6.07, 6.45) is 3.88. The van der Waals surface area contributed by atoms with Gasteiger partial charge in [0.25, 0.3) is 5.91 Å². The van der Waals surface area contributed by atoms with Gasteiger partial charge in [-0.2, -0.15) is 0 Å². The molecule has 0 unspecified atom stereocenters. The van der Waals surface area contributed by atoms with Gasteiger partial charge in [-0.1, -0.05) is 0 Å². The van der Waals surface area contributed by atoms with E-state index in [-0.39, 0.29) is 5.91 Å². The van der Waals surface area contributed by atoms with Crippen molar-refractivity contribution in [2.45, 2.75) is 6.42 Å². The average Bonchev–Trinajstić information content (AvgIpc) is 2.65. The fraction of sp³-hybridized carbons (Fsp3) is 0.389. The molecule has 1 aliphatic rings. The third-order valence-corrected chi connectivity index (χ3v) is 3.77. The van der Waals surface area contributed by atoms with Crippen molar-refractivity contribution in [2.24, 2.45) is 0 Å². The number of benzene rings is 1. The molecule has 1 amide bonds. The highest BCUT2D eigenvalue weighted by Crippen LogP contribution is 2.33. The monoisotopic (exact) mass is 357 g/mol. The Kier molecular flexibility index (Phi) is 5.85. The quantitative estimate of drug-likeness (QED) is 0.729. The fourth-order valence-electron chi connectivity index (χ4n) is 2.47. The molecule has 26 heavy (non-hydrogen) atoms. The van der Waals surface area contributed by atoms with Crippen LogP contribution in [0.3, 0.4) is 0 Å². The van der Waals surface area contributed by atoms with Crippen molar-refractivity contribution in [3.63, 3.8) is 0 Å². The largest absolute Gasteiger partial charge is 0.486 e. The summed E-state index contributed by atoms with van der Waals surface area (Å²) in [5.74, 6) is 1.75. The molecule has 0 radical (unpaired) electrons. The minimum Gasteiger partial charge on any atom is -0.486 e. The molecule has 1 aliphatic heterocycles. The maximum atomic E-state index is 12.0. The number of fused-ring (bicyclic) bond motifs is 1. The molecule has 3 rings (SSSR count). The van der Waals surface area contributed by atoms with E-state index in [9.17, 15) is 4.79 Å². The lowest BCUT2D eigenvalue weighted by atomic mass is 10.2. The molecule has 138 valence electrons. The van der Waals surface area contributed by atoms with Crippen LogP contribution >= 0.6 is 0 Å². The molecule has 0 bridgehead atoms. The van der Waals surface area contributed by atoms with E-state index in [0.717, 1.165) is 24.4 Å². The molecule has 8 nitrogen and oxygen atoms in total. The Morgan fingerprint density at radius 2 is 1.96 bits per heavy atom. The van der Waals surface area contributed by atoms with Gasteiger partial charge in [-0.3, -0.25) is 4.79 Å². The van der Waals surface area contributed by atoms with E-state index in [1.54, 1.807) is 0 Å². The van der Waals surface area contributed by atoms with Crippen LogP contribution in [0, 0.1) is 0 Å². The molecule has 2 aromatic rings. The van der Waals surface area contributed by atoms with Crippen LogP contribution in [0.15, 0.2) is 30.6 Å². The second kappa shape index (κ2) is 8.48. The van der Waals surface area contributed by atoms with E-state index < -0.39 is 0 Å². The second-order valence-electron chi connectivity index (χ2n) is 6.18. The summed E-state index contributed by atoms with van der Waals surface area (Å²) in [6, 6.07) is 5.57. The summed E-state index contributed by atoms with van der Waals surface area (Å²) in [5, 5.41) is 5.98. The van der Waals surface area contributed by atoms with Crippen molar-refractivity contribution in [1.29, 1.82) is 0 Å². The van der Waals surface area contributed by atoms with Gasteiger partial charge in [-0.05, 0) is 39.2 Å². The Bertz CT molecular complexity index is 749. The highest BCUT2D eigenvalue weighted by molar-refractivity contribution is 5.92. The molecule has 0 saturated heterocycles. The molecule has 0 aliphatic carbocycles. The van der Waals surface area contributed by atoms with Crippen molar-refractivity contribution >= 4 is 17.4 Å². The number of nitrogens with one attached hydrogen (secondary N) is 2. The van der Waals surface area contributed by atoms with Gasteiger partial charge < -0.3 is 25.0 Å². The number of aromatic nitrogens is 2. The first-order chi connectivity index (χ1) is 12.6. The minimum absolute atomic E-state index is 0.220. The Hall–Kier alpha value is -2.87. The zero-order valence-electron chi connectivity index (χ0n) is 15.0. The minimum atomic E-state index is -0.220. The van der Waals surface area contributed by atoms with Gasteiger partial charge in [0.05, 0.1) is 12.4 Å². The lowest BCUT2D eigenvalue weighted by molar-refractivity contribution is 0.0947. The Balaban J connectivity index is 1.55. The first kappa shape index (κ1) is 17.9. The van der Waals surface area contributed by atoms with Crippen LogP contribution in [0.2, 0.25) is 0 Å². The van der Waals surface area contributed by atoms with Crippen molar-refractivity contribution in [1.82, 2.24) is 20.2 Å². The van der Waals surface area contributed by atoms with Gasteiger partial charge in [-0.25, -0.2) is 9.97 Å². The summed E-state index contributed by atoms with van der Waals surface area (Å²) in [4.78, 5) is 22.5.